The van der Waals surface area contributed by atoms with E-state index in [0.29, 0.717) is 0 Å². The first-order chi connectivity index (χ1) is 7.20. The Morgan fingerprint density at radius 2 is 1.94 bits per heavy atom. The van der Waals surface area contributed by atoms with Gasteiger partial charge in [0.15, 0.2) is 5.78 Å². The quantitative estimate of drug-likeness (QED) is 0.692. The largest absolute Gasteiger partial charge is 0.444 e. The number of halogens is 1. The fraction of sp³-hybridized carbons (Fsp3) is 0.818. The molecule has 0 saturated carbocycles. The summed E-state index contributed by atoms with van der Waals surface area (Å²) >= 11 is 0. The van der Waals surface area contributed by atoms with Crippen LogP contribution in [-0.2, 0) is 9.53 Å². The zero-order chi connectivity index (χ0) is 12.5. The predicted octanol–water partition coefficient (Wildman–Crippen LogP) is 1.92. The number of carbonyl (C=O) groups is 2. The highest BCUT2D eigenvalue weighted by molar-refractivity contribution is 5.86. The number of rotatable bonds is 1. The van der Waals surface area contributed by atoms with E-state index >= 15 is 0 Å². The van der Waals surface area contributed by atoms with Gasteiger partial charge in [0, 0.05) is 6.42 Å². The number of nitrogens with zero attached hydrogens (tertiary/aromatic N) is 1. The molecule has 1 fully saturated rings. The maximum atomic E-state index is 13.2. The normalized spacial score (nSPS) is 25.7. The first-order valence-electron chi connectivity index (χ1n) is 5.35. The van der Waals surface area contributed by atoms with Crippen molar-refractivity contribution in [3.63, 3.8) is 0 Å². The van der Waals surface area contributed by atoms with Crippen molar-refractivity contribution >= 4 is 11.9 Å². The van der Waals surface area contributed by atoms with Gasteiger partial charge in [-0.15, -0.1) is 0 Å². The van der Waals surface area contributed by atoms with Crippen LogP contribution in [0.5, 0.6) is 0 Å². The summed E-state index contributed by atoms with van der Waals surface area (Å²) in [6.07, 6.45) is -1.68. The van der Waals surface area contributed by atoms with Gasteiger partial charge in [-0.05, 0) is 27.7 Å². The lowest BCUT2D eigenvalue weighted by atomic mass is 10.1. The number of ether oxygens (including phenoxy) is 1. The zero-order valence-electron chi connectivity index (χ0n) is 10.1. The molecule has 0 N–H and O–H groups in total. The summed E-state index contributed by atoms with van der Waals surface area (Å²) in [4.78, 5) is 24.1. The summed E-state index contributed by atoms with van der Waals surface area (Å²) in [5.41, 5.74) is -0.632. The number of amides is 1. The minimum absolute atomic E-state index is 0.0564. The Labute approximate surface area is 94.7 Å². The van der Waals surface area contributed by atoms with E-state index in [9.17, 15) is 14.0 Å². The van der Waals surface area contributed by atoms with Gasteiger partial charge in [0.05, 0.1) is 12.6 Å². The van der Waals surface area contributed by atoms with Crippen LogP contribution in [-0.4, -0.2) is 41.1 Å². The van der Waals surface area contributed by atoms with E-state index in [1.165, 1.54) is 11.8 Å². The molecule has 4 nitrogen and oxygen atoms in total. The lowest BCUT2D eigenvalue weighted by molar-refractivity contribution is -0.121. The molecule has 2 unspecified atom stereocenters. The molecule has 2 atom stereocenters. The van der Waals surface area contributed by atoms with E-state index in [1.54, 1.807) is 20.8 Å². The number of carbonyl (C=O) groups excluding carboxylic acids is 2. The van der Waals surface area contributed by atoms with Gasteiger partial charge in [-0.1, -0.05) is 0 Å². The fourth-order valence-electron chi connectivity index (χ4n) is 1.69. The lowest BCUT2D eigenvalue weighted by Gasteiger charge is -2.27. The smallest absolute Gasteiger partial charge is 0.411 e. The molecular weight excluding hydrogens is 213 g/mol. The van der Waals surface area contributed by atoms with Gasteiger partial charge in [-0.2, -0.15) is 0 Å². The molecule has 0 aromatic rings. The molecule has 0 aromatic heterocycles. The molecule has 92 valence electrons. The van der Waals surface area contributed by atoms with Crippen molar-refractivity contribution < 1.29 is 18.7 Å². The van der Waals surface area contributed by atoms with Crippen molar-refractivity contribution in [2.45, 2.75) is 51.9 Å². The van der Waals surface area contributed by atoms with Gasteiger partial charge >= 0.3 is 6.09 Å². The third-order valence-corrected chi connectivity index (χ3v) is 2.35. The van der Waals surface area contributed by atoms with E-state index in [0.717, 1.165) is 0 Å². The van der Waals surface area contributed by atoms with Crippen LogP contribution in [0.3, 0.4) is 0 Å². The van der Waals surface area contributed by atoms with Gasteiger partial charge in [0.2, 0.25) is 0 Å². The number of hydrogen-bond donors (Lipinski definition) is 0. The third kappa shape index (κ3) is 3.18. The second-order valence-electron chi connectivity index (χ2n) is 5.09. The molecule has 1 aliphatic heterocycles. The van der Waals surface area contributed by atoms with Gasteiger partial charge in [-0.3, -0.25) is 9.69 Å². The summed E-state index contributed by atoms with van der Waals surface area (Å²) < 4.78 is 18.3. The fourth-order valence-corrected chi connectivity index (χ4v) is 1.69. The van der Waals surface area contributed by atoms with Crippen LogP contribution in [0.2, 0.25) is 0 Å². The first-order valence-corrected chi connectivity index (χ1v) is 5.35. The lowest BCUT2D eigenvalue weighted by Crippen LogP contribution is -2.42. The van der Waals surface area contributed by atoms with Crippen molar-refractivity contribution in [3.8, 4) is 0 Å². The summed E-state index contributed by atoms with van der Waals surface area (Å²) in [5, 5.41) is 0. The maximum Gasteiger partial charge on any atom is 0.411 e. The molecule has 1 amide bonds. The summed E-state index contributed by atoms with van der Waals surface area (Å²) in [5.74, 6) is -0.203. The molecule has 0 radical (unpaired) electrons. The number of likely N-dealkylation sites (tertiary alicyclic amines) is 1. The van der Waals surface area contributed by atoms with Crippen LogP contribution >= 0.6 is 0 Å². The molecule has 0 spiro atoms. The zero-order valence-corrected chi connectivity index (χ0v) is 10.1. The Balaban J connectivity index is 2.71. The topological polar surface area (TPSA) is 46.6 Å². The highest BCUT2D eigenvalue weighted by Gasteiger charge is 2.39. The molecule has 1 rings (SSSR count). The Morgan fingerprint density at radius 3 is 2.38 bits per heavy atom. The molecule has 1 saturated heterocycles. The third-order valence-electron chi connectivity index (χ3n) is 2.35. The minimum Gasteiger partial charge on any atom is -0.444 e. The van der Waals surface area contributed by atoms with E-state index < -0.39 is 23.9 Å². The van der Waals surface area contributed by atoms with Crippen molar-refractivity contribution in [1.82, 2.24) is 4.90 Å². The van der Waals surface area contributed by atoms with Crippen LogP contribution in [0.15, 0.2) is 0 Å². The molecule has 0 aromatic carbocycles. The average Bonchev–Trinajstić information content (AvgIpc) is 2.44. The van der Waals surface area contributed by atoms with Gasteiger partial charge in [0.25, 0.3) is 0 Å². The Kier molecular flexibility index (Phi) is 3.55. The van der Waals surface area contributed by atoms with Crippen LogP contribution in [0.4, 0.5) is 9.18 Å². The molecule has 1 heterocycles. The van der Waals surface area contributed by atoms with Crippen LogP contribution in [0.1, 0.15) is 34.1 Å². The average molecular weight is 231 g/mol. The minimum atomic E-state index is -1.14. The van der Waals surface area contributed by atoms with Crippen molar-refractivity contribution in [2.24, 2.45) is 0 Å². The number of ketones is 1. The van der Waals surface area contributed by atoms with Crippen LogP contribution in [0, 0.1) is 0 Å². The van der Waals surface area contributed by atoms with Crippen molar-refractivity contribution in [3.05, 3.63) is 0 Å². The predicted molar refractivity (Wildman–Crippen MR) is 56.9 cm³/mol. The van der Waals surface area contributed by atoms with E-state index in [2.05, 4.69) is 0 Å². The highest BCUT2D eigenvalue weighted by Crippen LogP contribution is 2.23. The second-order valence-corrected chi connectivity index (χ2v) is 5.09. The summed E-state index contributed by atoms with van der Waals surface area (Å²) in [7, 11) is 0. The highest BCUT2D eigenvalue weighted by atomic mass is 19.1. The van der Waals surface area contributed by atoms with Gasteiger partial charge < -0.3 is 4.74 Å². The van der Waals surface area contributed by atoms with Crippen LogP contribution in [0.25, 0.3) is 0 Å². The number of hydrogen-bond acceptors (Lipinski definition) is 3. The Bertz CT molecular complexity index is 298. The molecule has 16 heavy (non-hydrogen) atoms. The van der Waals surface area contributed by atoms with E-state index in [1.807, 2.05) is 0 Å². The Morgan fingerprint density at radius 1 is 1.38 bits per heavy atom. The molecule has 5 heteroatoms. The van der Waals surface area contributed by atoms with Crippen molar-refractivity contribution in [1.29, 1.82) is 0 Å². The van der Waals surface area contributed by atoms with E-state index in [4.69, 9.17) is 4.74 Å². The molecule has 0 aliphatic carbocycles. The van der Waals surface area contributed by atoms with Crippen molar-refractivity contribution in [2.75, 3.05) is 6.54 Å². The monoisotopic (exact) mass is 231 g/mol. The number of Topliss-reactive ketones (excluding diaryl/α,β-unsaturated/α-hetero) is 1. The number of alkyl halides is 1. The summed E-state index contributed by atoms with van der Waals surface area (Å²) in [6, 6.07) is -0.676. The summed E-state index contributed by atoms with van der Waals surface area (Å²) in [6.45, 7) is 6.50. The maximum absolute atomic E-state index is 13.2. The second kappa shape index (κ2) is 4.39. The van der Waals surface area contributed by atoms with Crippen LogP contribution < -0.4 is 0 Å². The molecule has 0 bridgehead atoms. The SMILES string of the molecule is CC(=O)C1CC(F)CN1C(=O)OC(C)(C)C. The van der Waals surface area contributed by atoms with Gasteiger partial charge in [-0.25, -0.2) is 9.18 Å². The van der Waals surface area contributed by atoms with E-state index in [-0.39, 0.29) is 18.7 Å². The standard InChI is InChI=1S/C11H18FNO3/c1-7(14)9-5-8(12)6-13(9)10(15)16-11(2,3)4/h8-9H,5-6H2,1-4H3. The molecule has 1 aliphatic rings. The van der Waals surface area contributed by atoms with Gasteiger partial charge in [0.1, 0.15) is 11.8 Å². The first kappa shape index (κ1) is 12.9. The Hall–Kier alpha value is -1.13. The molecular formula is C11H18FNO3.